The Labute approximate surface area is 155 Å². The minimum absolute atomic E-state index is 0.395. The van der Waals surface area contributed by atoms with Crippen molar-refractivity contribution in [3.8, 4) is 0 Å². The van der Waals surface area contributed by atoms with E-state index in [0.717, 1.165) is 27.1 Å². The van der Waals surface area contributed by atoms with Crippen molar-refractivity contribution in [1.82, 2.24) is 0 Å². The van der Waals surface area contributed by atoms with Crippen LogP contribution in [-0.2, 0) is 0 Å². The molecule has 22 heavy (non-hydrogen) atoms. The maximum atomic E-state index is 10.3. The highest BCUT2D eigenvalue weighted by Crippen LogP contribution is 2.41. The Morgan fingerprint density at radius 3 is 2.09 bits per heavy atom. The Morgan fingerprint density at radius 2 is 1.45 bits per heavy atom. The summed E-state index contributed by atoms with van der Waals surface area (Å²) in [5, 5.41) is 15.9. The van der Waals surface area contributed by atoms with Gasteiger partial charge in [-0.05, 0) is 46.0 Å². The molecule has 0 heterocycles. The molecule has 3 aromatic rings. The first kappa shape index (κ1) is 16.6. The monoisotopic (exact) mass is 436 g/mol. The second kappa shape index (κ2) is 6.35. The number of alkyl halides is 1. The summed E-state index contributed by atoms with van der Waals surface area (Å²) in [6, 6.07) is 9.04. The predicted molar refractivity (Wildman–Crippen MR) is 100 cm³/mol. The molecule has 0 spiro atoms. The van der Waals surface area contributed by atoms with Gasteiger partial charge < -0.3 is 5.11 Å². The fourth-order valence-electron chi connectivity index (χ4n) is 2.54. The number of fused-ring (bicyclic) bond motifs is 3. The lowest BCUT2D eigenvalue weighted by Gasteiger charge is -2.16. The van der Waals surface area contributed by atoms with Gasteiger partial charge >= 0.3 is 0 Å². The third-order valence-corrected chi connectivity index (χ3v) is 5.75. The molecule has 0 saturated heterocycles. The standard InChI is InChI=1S/C16H9BrCl4O/c17-6-15(22)10-3-11-7(1-2-12(18)16(11)21)8-4-13(19)14(20)5-9(8)10/h1-5,15,22H,6H2/t15-/m0/s1. The summed E-state index contributed by atoms with van der Waals surface area (Å²) in [4.78, 5) is 0. The van der Waals surface area contributed by atoms with Crippen molar-refractivity contribution in [2.24, 2.45) is 0 Å². The lowest BCUT2D eigenvalue weighted by Crippen LogP contribution is -2.00. The van der Waals surface area contributed by atoms with Gasteiger partial charge in [0.15, 0.2) is 0 Å². The molecule has 6 heteroatoms. The number of rotatable bonds is 2. The number of aliphatic hydroxyl groups is 1. The van der Waals surface area contributed by atoms with Gasteiger partial charge in [-0.15, -0.1) is 0 Å². The van der Waals surface area contributed by atoms with Crippen LogP contribution in [0.5, 0.6) is 0 Å². The third kappa shape index (κ3) is 2.71. The Bertz CT molecular complexity index is 895. The van der Waals surface area contributed by atoms with Gasteiger partial charge in [-0.3, -0.25) is 0 Å². The molecule has 3 rings (SSSR count). The van der Waals surface area contributed by atoms with Crippen LogP contribution in [0.15, 0.2) is 30.3 Å². The van der Waals surface area contributed by atoms with Crippen molar-refractivity contribution in [3.05, 3.63) is 56.0 Å². The Morgan fingerprint density at radius 1 is 0.818 bits per heavy atom. The van der Waals surface area contributed by atoms with Crippen LogP contribution >= 0.6 is 62.3 Å². The number of benzene rings is 3. The zero-order valence-corrected chi connectivity index (χ0v) is 15.6. The Hall–Kier alpha value is -0.220. The minimum Gasteiger partial charge on any atom is -0.388 e. The van der Waals surface area contributed by atoms with Gasteiger partial charge in [0, 0.05) is 10.7 Å². The summed E-state index contributed by atoms with van der Waals surface area (Å²) < 4.78 is 0. The number of halogens is 5. The number of hydrogen-bond acceptors (Lipinski definition) is 1. The quantitative estimate of drug-likeness (QED) is 0.336. The summed E-state index contributed by atoms with van der Waals surface area (Å²) in [7, 11) is 0. The van der Waals surface area contributed by atoms with Gasteiger partial charge in [0.25, 0.3) is 0 Å². The highest BCUT2D eigenvalue weighted by Gasteiger charge is 2.17. The molecule has 0 amide bonds. The fourth-order valence-corrected chi connectivity index (χ4v) is 3.60. The first-order valence-electron chi connectivity index (χ1n) is 6.37. The summed E-state index contributed by atoms with van der Waals surface area (Å²) in [5.41, 5.74) is 0.724. The first-order chi connectivity index (χ1) is 10.4. The molecule has 0 fully saturated rings. The van der Waals surface area contributed by atoms with Crippen LogP contribution in [0.2, 0.25) is 20.1 Å². The van der Waals surface area contributed by atoms with E-state index in [4.69, 9.17) is 46.4 Å². The second-order valence-electron chi connectivity index (χ2n) is 4.90. The number of aliphatic hydroxyl groups excluding tert-OH is 1. The largest absolute Gasteiger partial charge is 0.388 e. The summed E-state index contributed by atoms with van der Waals surface area (Å²) in [6.45, 7) is 0. The maximum Gasteiger partial charge on any atom is 0.0893 e. The highest BCUT2D eigenvalue weighted by molar-refractivity contribution is 9.09. The zero-order valence-electron chi connectivity index (χ0n) is 11.0. The van der Waals surface area contributed by atoms with E-state index in [1.807, 2.05) is 12.1 Å². The summed E-state index contributed by atoms with van der Waals surface area (Å²) in [5.74, 6) is 0. The average molecular weight is 439 g/mol. The second-order valence-corrected chi connectivity index (χ2v) is 7.15. The van der Waals surface area contributed by atoms with E-state index in [1.54, 1.807) is 18.2 Å². The molecule has 0 aliphatic carbocycles. The van der Waals surface area contributed by atoms with E-state index in [9.17, 15) is 5.11 Å². The predicted octanol–water partition coefficient (Wildman–Crippen LogP) is 7.03. The molecule has 1 nitrogen and oxygen atoms in total. The van der Waals surface area contributed by atoms with Crippen molar-refractivity contribution in [2.45, 2.75) is 6.10 Å². The van der Waals surface area contributed by atoms with Crippen molar-refractivity contribution in [2.75, 3.05) is 5.33 Å². The molecule has 0 radical (unpaired) electrons. The highest BCUT2D eigenvalue weighted by atomic mass is 79.9. The van der Waals surface area contributed by atoms with Crippen molar-refractivity contribution < 1.29 is 5.11 Å². The van der Waals surface area contributed by atoms with Gasteiger partial charge in [0.05, 0.1) is 26.2 Å². The van der Waals surface area contributed by atoms with Crippen LogP contribution in [-0.4, -0.2) is 10.4 Å². The van der Waals surface area contributed by atoms with Gasteiger partial charge in [0.2, 0.25) is 0 Å². The topological polar surface area (TPSA) is 20.2 Å². The van der Waals surface area contributed by atoms with Crippen molar-refractivity contribution in [3.63, 3.8) is 0 Å². The van der Waals surface area contributed by atoms with Gasteiger partial charge in [-0.25, -0.2) is 0 Å². The minimum atomic E-state index is -0.695. The normalized spacial score (nSPS) is 13.0. The lowest BCUT2D eigenvalue weighted by molar-refractivity contribution is 0.207. The van der Waals surface area contributed by atoms with Crippen LogP contribution in [0.4, 0.5) is 0 Å². The molecule has 0 aliphatic rings. The fraction of sp³-hybridized carbons (Fsp3) is 0.125. The van der Waals surface area contributed by atoms with E-state index < -0.39 is 6.10 Å². The molecule has 0 aromatic heterocycles. The van der Waals surface area contributed by atoms with Gasteiger partial charge in [-0.2, -0.15) is 0 Å². The maximum absolute atomic E-state index is 10.3. The van der Waals surface area contributed by atoms with Crippen molar-refractivity contribution in [1.29, 1.82) is 0 Å². The molecule has 1 N–H and O–H groups in total. The Balaban J connectivity index is 2.55. The first-order valence-corrected chi connectivity index (χ1v) is 9.00. The average Bonchev–Trinajstić information content (AvgIpc) is 2.51. The van der Waals surface area contributed by atoms with Crippen LogP contribution in [0.1, 0.15) is 11.7 Å². The molecule has 3 aromatic carbocycles. The van der Waals surface area contributed by atoms with Crippen molar-refractivity contribution >= 4 is 83.9 Å². The molecular formula is C16H9BrCl4O. The lowest BCUT2D eigenvalue weighted by atomic mass is 9.95. The summed E-state index contributed by atoms with van der Waals surface area (Å²) >= 11 is 28.0. The molecule has 114 valence electrons. The zero-order chi connectivity index (χ0) is 16.0. The molecule has 0 bridgehead atoms. The molecule has 0 unspecified atom stereocenters. The van der Waals surface area contributed by atoms with E-state index in [2.05, 4.69) is 15.9 Å². The molecule has 0 aliphatic heterocycles. The van der Waals surface area contributed by atoms with E-state index in [0.29, 0.717) is 25.4 Å². The van der Waals surface area contributed by atoms with E-state index in [1.165, 1.54) is 0 Å². The molecule has 0 saturated carbocycles. The van der Waals surface area contributed by atoms with Crippen LogP contribution < -0.4 is 0 Å². The van der Waals surface area contributed by atoms with Crippen LogP contribution in [0.3, 0.4) is 0 Å². The Kier molecular flexibility index (Phi) is 4.80. The number of hydrogen-bond donors (Lipinski definition) is 1. The van der Waals surface area contributed by atoms with Crippen LogP contribution in [0, 0.1) is 0 Å². The third-order valence-electron chi connectivity index (χ3n) is 3.60. The van der Waals surface area contributed by atoms with Gasteiger partial charge in [0.1, 0.15) is 0 Å². The summed E-state index contributed by atoms with van der Waals surface area (Å²) in [6.07, 6.45) is -0.695. The smallest absolute Gasteiger partial charge is 0.0893 e. The van der Waals surface area contributed by atoms with E-state index >= 15 is 0 Å². The van der Waals surface area contributed by atoms with Crippen LogP contribution in [0.25, 0.3) is 21.5 Å². The van der Waals surface area contributed by atoms with E-state index in [-0.39, 0.29) is 0 Å². The molecular weight excluding hydrogens is 430 g/mol. The molecule has 1 atom stereocenters. The SMILES string of the molecule is O[C@@H](CBr)c1cc2c(Cl)c(Cl)ccc2c2cc(Cl)c(Cl)cc12. The van der Waals surface area contributed by atoms with Gasteiger partial charge in [-0.1, -0.05) is 68.4 Å².